The molecule has 4 rings (SSSR count). The maximum atomic E-state index is 12.4. The van der Waals surface area contributed by atoms with Gasteiger partial charge in [-0.3, -0.25) is 0 Å². The van der Waals surface area contributed by atoms with Gasteiger partial charge in [-0.15, -0.1) is 0 Å². The van der Waals surface area contributed by atoms with Crippen LogP contribution < -0.4 is 10.4 Å². The molecule has 2 N–H and O–H groups in total. The van der Waals surface area contributed by atoms with Gasteiger partial charge in [0.1, 0.15) is 23.0 Å². The van der Waals surface area contributed by atoms with Crippen molar-refractivity contribution in [3.63, 3.8) is 0 Å². The van der Waals surface area contributed by atoms with E-state index in [1.807, 2.05) is 19.9 Å². The number of benzene rings is 2. The van der Waals surface area contributed by atoms with Crippen molar-refractivity contribution in [2.24, 2.45) is 0 Å². The van der Waals surface area contributed by atoms with Crippen LogP contribution in [0, 0.1) is 0 Å². The van der Waals surface area contributed by atoms with Crippen molar-refractivity contribution in [3.05, 3.63) is 70.1 Å². The molecule has 154 valence electrons. The number of carbonyl (C=O) groups is 1. The Morgan fingerprint density at radius 3 is 2.70 bits per heavy atom. The Labute approximate surface area is 171 Å². The summed E-state index contributed by atoms with van der Waals surface area (Å²) in [5, 5.41) is 19.6. The molecular formula is C23H20O7. The highest BCUT2D eigenvalue weighted by molar-refractivity contribution is 5.87. The third-order valence-corrected chi connectivity index (χ3v) is 5.03. The van der Waals surface area contributed by atoms with E-state index in [-0.39, 0.29) is 11.5 Å². The lowest BCUT2D eigenvalue weighted by molar-refractivity contribution is -0.155. The molecule has 0 fully saturated rings. The Hall–Kier alpha value is -3.74. The van der Waals surface area contributed by atoms with Gasteiger partial charge in [0.15, 0.2) is 11.5 Å². The van der Waals surface area contributed by atoms with Crippen LogP contribution in [0.4, 0.5) is 0 Å². The summed E-state index contributed by atoms with van der Waals surface area (Å²) < 4.78 is 16.9. The number of carbonyl (C=O) groups excluding carboxylic acids is 1. The summed E-state index contributed by atoms with van der Waals surface area (Å²) in [5.74, 6) is -0.475. The van der Waals surface area contributed by atoms with Crippen molar-refractivity contribution in [1.82, 2.24) is 0 Å². The molecule has 2 heterocycles. The average molecular weight is 408 g/mol. The van der Waals surface area contributed by atoms with Gasteiger partial charge in [-0.25, -0.2) is 9.59 Å². The summed E-state index contributed by atoms with van der Waals surface area (Å²) >= 11 is 0. The molecule has 1 aromatic heterocycles. The normalized spacial score (nSPS) is 17.5. The third kappa shape index (κ3) is 3.87. The zero-order valence-electron chi connectivity index (χ0n) is 16.4. The van der Waals surface area contributed by atoms with Gasteiger partial charge in [-0.1, -0.05) is 6.07 Å². The van der Waals surface area contributed by atoms with Crippen LogP contribution in [-0.2, 0) is 16.0 Å². The fourth-order valence-corrected chi connectivity index (χ4v) is 3.36. The molecule has 3 aromatic rings. The SMILES string of the molecule is CC1(C)Oc2cc3oc(=O)ccc3cc2C[C@@H]1OC(=O)C=Cc1ccc(O)c(O)c1. The van der Waals surface area contributed by atoms with E-state index in [4.69, 9.17) is 13.9 Å². The number of hydrogen-bond acceptors (Lipinski definition) is 7. The largest absolute Gasteiger partial charge is 0.504 e. The highest BCUT2D eigenvalue weighted by atomic mass is 16.6. The molecule has 0 saturated carbocycles. The first-order valence-corrected chi connectivity index (χ1v) is 9.38. The molecule has 7 heteroatoms. The van der Waals surface area contributed by atoms with Crippen molar-refractivity contribution in [1.29, 1.82) is 0 Å². The zero-order valence-corrected chi connectivity index (χ0v) is 16.4. The molecule has 0 aliphatic carbocycles. The second-order valence-electron chi connectivity index (χ2n) is 7.67. The number of fused-ring (bicyclic) bond motifs is 2. The van der Waals surface area contributed by atoms with Gasteiger partial charge in [-0.05, 0) is 55.3 Å². The van der Waals surface area contributed by atoms with E-state index in [0.717, 1.165) is 10.9 Å². The maximum Gasteiger partial charge on any atom is 0.336 e. The van der Waals surface area contributed by atoms with Gasteiger partial charge in [0.25, 0.3) is 0 Å². The summed E-state index contributed by atoms with van der Waals surface area (Å²) in [5.41, 5.74) is 0.599. The summed E-state index contributed by atoms with van der Waals surface area (Å²) in [6.07, 6.45) is 2.65. The predicted molar refractivity (Wildman–Crippen MR) is 110 cm³/mol. The van der Waals surface area contributed by atoms with E-state index in [0.29, 0.717) is 23.3 Å². The number of phenolic OH excluding ortho intramolecular Hbond substituents is 2. The second kappa shape index (κ2) is 7.26. The van der Waals surface area contributed by atoms with E-state index in [1.165, 1.54) is 30.4 Å². The minimum absolute atomic E-state index is 0.235. The molecule has 0 bridgehead atoms. The first-order valence-electron chi connectivity index (χ1n) is 9.38. The van der Waals surface area contributed by atoms with Crippen LogP contribution in [0.5, 0.6) is 17.2 Å². The lowest BCUT2D eigenvalue weighted by Crippen LogP contribution is -2.48. The molecule has 0 amide bonds. The lowest BCUT2D eigenvalue weighted by Gasteiger charge is -2.39. The highest BCUT2D eigenvalue weighted by Gasteiger charge is 2.39. The molecule has 0 radical (unpaired) electrons. The fraction of sp³-hybridized carbons (Fsp3) is 0.217. The zero-order chi connectivity index (χ0) is 21.5. The van der Waals surface area contributed by atoms with E-state index in [9.17, 15) is 19.8 Å². The van der Waals surface area contributed by atoms with Gasteiger partial charge in [0.2, 0.25) is 0 Å². The first kappa shape index (κ1) is 19.6. The number of esters is 1. The molecular weight excluding hydrogens is 388 g/mol. The van der Waals surface area contributed by atoms with Crippen LogP contribution in [-0.4, -0.2) is 27.9 Å². The van der Waals surface area contributed by atoms with Gasteiger partial charge in [-0.2, -0.15) is 0 Å². The van der Waals surface area contributed by atoms with Crippen LogP contribution in [0.25, 0.3) is 17.0 Å². The van der Waals surface area contributed by atoms with Crippen LogP contribution in [0.3, 0.4) is 0 Å². The number of ether oxygens (including phenoxy) is 2. The second-order valence-corrected chi connectivity index (χ2v) is 7.67. The van der Waals surface area contributed by atoms with Gasteiger partial charge in [0, 0.05) is 30.0 Å². The van der Waals surface area contributed by atoms with Crippen LogP contribution >= 0.6 is 0 Å². The fourth-order valence-electron chi connectivity index (χ4n) is 3.36. The molecule has 1 aliphatic rings. The summed E-state index contributed by atoms with van der Waals surface area (Å²) in [6, 6.07) is 10.8. The quantitative estimate of drug-likeness (QED) is 0.295. The number of aromatic hydroxyl groups is 2. The van der Waals surface area contributed by atoms with Gasteiger partial charge < -0.3 is 24.1 Å². The van der Waals surface area contributed by atoms with Crippen molar-refractivity contribution in [3.8, 4) is 17.2 Å². The molecule has 0 spiro atoms. The Morgan fingerprint density at radius 1 is 1.13 bits per heavy atom. The Balaban J connectivity index is 1.54. The van der Waals surface area contributed by atoms with Crippen molar-refractivity contribution < 1.29 is 28.9 Å². The van der Waals surface area contributed by atoms with E-state index in [1.54, 1.807) is 18.2 Å². The van der Waals surface area contributed by atoms with Crippen LogP contribution in [0.2, 0.25) is 0 Å². The van der Waals surface area contributed by atoms with Gasteiger partial charge in [0.05, 0.1) is 0 Å². The summed E-state index contributed by atoms with van der Waals surface area (Å²) in [6.45, 7) is 3.64. The molecule has 2 aromatic carbocycles. The first-order chi connectivity index (χ1) is 14.2. The number of rotatable bonds is 3. The standard InChI is InChI=1S/C23H20O7/c1-23(2)20(29-22(27)7-4-13-3-6-16(24)17(25)9-13)11-15-10-14-5-8-21(26)28-18(14)12-19(15)30-23/h3-10,12,20,24-25H,11H2,1-2H3/t20-/m0/s1. The minimum Gasteiger partial charge on any atom is -0.504 e. The number of phenols is 2. The van der Waals surface area contributed by atoms with E-state index >= 15 is 0 Å². The smallest absolute Gasteiger partial charge is 0.336 e. The predicted octanol–water partition coefficient (Wildman–Crippen LogP) is 3.54. The average Bonchev–Trinajstić information content (AvgIpc) is 2.68. The maximum absolute atomic E-state index is 12.4. The lowest BCUT2D eigenvalue weighted by atomic mass is 9.90. The number of hydrogen-bond donors (Lipinski definition) is 2. The molecule has 7 nitrogen and oxygen atoms in total. The third-order valence-electron chi connectivity index (χ3n) is 5.03. The van der Waals surface area contributed by atoms with E-state index < -0.39 is 23.3 Å². The monoisotopic (exact) mass is 408 g/mol. The molecule has 1 aliphatic heterocycles. The Morgan fingerprint density at radius 2 is 1.93 bits per heavy atom. The van der Waals surface area contributed by atoms with Crippen LogP contribution in [0.15, 0.2) is 57.8 Å². The molecule has 1 atom stereocenters. The topological polar surface area (TPSA) is 106 Å². The molecule has 0 saturated heterocycles. The molecule has 0 unspecified atom stereocenters. The van der Waals surface area contributed by atoms with Crippen molar-refractivity contribution >= 4 is 23.0 Å². The van der Waals surface area contributed by atoms with Crippen LogP contribution in [0.1, 0.15) is 25.0 Å². The Kier molecular flexibility index (Phi) is 4.73. The van der Waals surface area contributed by atoms with E-state index in [2.05, 4.69) is 0 Å². The van der Waals surface area contributed by atoms with Crippen molar-refractivity contribution in [2.75, 3.05) is 0 Å². The molecule has 30 heavy (non-hydrogen) atoms. The summed E-state index contributed by atoms with van der Waals surface area (Å²) in [4.78, 5) is 23.8. The highest BCUT2D eigenvalue weighted by Crippen LogP contribution is 2.37. The van der Waals surface area contributed by atoms with Crippen molar-refractivity contribution in [2.45, 2.75) is 32.0 Å². The van der Waals surface area contributed by atoms with Gasteiger partial charge >= 0.3 is 11.6 Å². The minimum atomic E-state index is -0.796. The Bertz CT molecular complexity index is 1220. The summed E-state index contributed by atoms with van der Waals surface area (Å²) in [7, 11) is 0.